The Labute approximate surface area is 132 Å². The lowest BCUT2D eigenvalue weighted by molar-refractivity contribution is 0.211. The second kappa shape index (κ2) is 5.64. The van der Waals surface area contributed by atoms with Gasteiger partial charge < -0.3 is 4.57 Å². The highest BCUT2D eigenvalue weighted by molar-refractivity contribution is 6.20. The van der Waals surface area contributed by atoms with E-state index in [9.17, 15) is 0 Å². The minimum atomic E-state index is -0.0487. The monoisotopic (exact) mass is 304 g/mol. The van der Waals surface area contributed by atoms with Crippen LogP contribution in [0.4, 0.5) is 0 Å². The predicted octanol–water partition coefficient (Wildman–Crippen LogP) is 5.64. The number of imidazole rings is 1. The molecule has 21 heavy (non-hydrogen) atoms. The maximum absolute atomic E-state index is 6.42. The molecule has 0 aliphatic heterocycles. The van der Waals surface area contributed by atoms with Crippen LogP contribution in [-0.4, -0.2) is 9.55 Å². The molecule has 1 saturated carbocycles. The van der Waals surface area contributed by atoms with Gasteiger partial charge in [-0.3, -0.25) is 0 Å². The van der Waals surface area contributed by atoms with E-state index in [1.165, 1.54) is 30.3 Å². The van der Waals surface area contributed by atoms with Crippen molar-refractivity contribution < 1.29 is 0 Å². The molecule has 4 atom stereocenters. The van der Waals surface area contributed by atoms with Crippen molar-refractivity contribution >= 4 is 22.6 Å². The van der Waals surface area contributed by atoms with Crippen LogP contribution in [-0.2, 0) is 0 Å². The Hall–Kier alpha value is -1.02. The quantitative estimate of drug-likeness (QED) is 0.656. The number of hydrogen-bond acceptors (Lipinski definition) is 1. The lowest BCUT2D eigenvalue weighted by Crippen LogP contribution is -2.24. The van der Waals surface area contributed by atoms with Gasteiger partial charge >= 0.3 is 0 Å². The minimum Gasteiger partial charge on any atom is -0.324 e. The molecule has 3 heteroatoms. The van der Waals surface area contributed by atoms with E-state index in [2.05, 4.69) is 43.5 Å². The molecule has 1 aliphatic rings. The van der Waals surface area contributed by atoms with Crippen LogP contribution in [0.5, 0.6) is 0 Å². The summed E-state index contributed by atoms with van der Waals surface area (Å²) < 4.78 is 2.43. The molecule has 3 rings (SSSR count). The van der Waals surface area contributed by atoms with Crippen LogP contribution in [0.15, 0.2) is 18.2 Å². The van der Waals surface area contributed by atoms with Gasteiger partial charge in [0.2, 0.25) is 0 Å². The van der Waals surface area contributed by atoms with Gasteiger partial charge in [-0.15, -0.1) is 11.6 Å². The van der Waals surface area contributed by atoms with Crippen LogP contribution in [0.25, 0.3) is 11.0 Å². The number of nitrogens with zero attached hydrogens (tertiary/aromatic N) is 2. The largest absolute Gasteiger partial charge is 0.324 e. The lowest BCUT2D eigenvalue weighted by Gasteiger charge is -2.34. The van der Waals surface area contributed by atoms with Gasteiger partial charge in [0.1, 0.15) is 5.82 Å². The number of alkyl halides is 1. The molecule has 1 aromatic heterocycles. The molecule has 2 nitrogen and oxygen atoms in total. The van der Waals surface area contributed by atoms with Crippen LogP contribution >= 0.6 is 11.6 Å². The van der Waals surface area contributed by atoms with Crippen LogP contribution in [0, 0.1) is 18.8 Å². The average molecular weight is 305 g/mol. The molecule has 1 aromatic carbocycles. The summed E-state index contributed by atoms with van der Waals surface area (Å²) >= 11 is 6.42. The second-order valence-electron chi connectivity index (χ2n) is 6.87. The van der Waals surface area contributed by atoms with E-state index in [4.69, 9.17) is 16.6 Å². The summed E-state index contributed by atoms with van der Waals surface area (Å²) in [5.74, 6) is 2.63. The first-order chi connectivity index (χ1) is 9.97. The molecule has 1 heterocycles. The first kappa shape index (κ1) is 14.9. The molecule has 0 amide bonds. The standard InChI is InChI=1S/C18H25ClN2/c1-11-5-8-16-17(9-11)21(18(20-16)14(4)19)15-7-6-12(2)13(3)10-15/h5,8-9,12-15H,6-7,10H2,1-4H3. The fourth-order valence-electron chi connectivity index (χ4n) is 3.64. The number of aromatic nitrogens is 2. The summed E-state index contributed by atoms with van der Waals surface area (Å²) in [5, 5.41) is -0.0487. The van der Waals surface area contributed by atoms with E-state index < -0.39 is 0 Å². The third kappa shape index (κ3) is 2.70. The Kier molecular flexibility index (Phi) is 4.00. The van der Waals surface area contributed by atoms with E-state index in [0.717, 1.165) is 23.2 Å². The number of halogens is 1. The van der Waals surface area contributed by atoms with E-state index in [1.54, 1.807) is 0 Å². The van der Waals surface area contributed by atoms with Crippen LogP contribution < -0.4 is 0 Å². The van der Waals surface area contributed by atoms with Gasteiger partial charge in [-0.1, -0.05) is 19.9 Å². The van der Waals surface area contributed by atoms with Crippen molar-refractivity contribution in [2.24, 2.45) is 11.8 Å². The minimum absolute atomic E-state index is 0.0487. The zero-order valence-electron chi connectivity index (χ0n) is 13.4. The Morgan fingerprint density at radius 1 is 1.24 bits per heavy atom. The molecule has 0 spiro atoms. The summed E-state index contributed by atoms with van der Waals surface area (Å²) in [4.78, 5) is 4.80. The number of rotatable bonds is 2. The number of hydrogen-bond donors (Lipinski definition) is 0. The number of benzene rings is 1. The van der Waals surface area contributed by atoms with Gasteiger partial charge in [-0.2, -0.15) is 0 Å². The van der Waals surface area contributed by atoms with E-state index in [-0.39, 0.29) is 5.38 Å². The van der Waals surface area contributed by atoms with Gasteiger partial charge in [-0.25, -0.2) is 4.98 Å². The van der Waals surface area contributed by atoms with Crippen molar-refractivity contribution in [3.05, 3.63) is 29.6 Å². The van der Waals surface area contributed by atoms with Crippen LogP contribution in [0.3, 0.4) is 0 Å². The van der Waals surface area contributed by atoms with Crippen molar-refractivity contribution in [1.29, 1.82) is 0 Å². The van der Waals surface area contributed by atoms with Gasteiger partial charge in [0.05, 0.1) is 16.4 Å². The predicted molar refractivity (Wildman–Crippen MR) is 90.0 cm³/mol. The fourth-order valence-corrected chi connectivity index (χ4v) is 3.79. The summed E-state index contributed by atoms with van der Waals surface area (Å²) in [7, 11) is 0. The second-order valence-corrected chi connectivity index (χ2v) is 7.52. The zero-order chi connectivity index (χ0) is 15.1. The summed E-state index contributed by atoms with van der Waals surface area (Å²) in [6.45, 7) is 8.93. The van der Waals surface area contributed by atoms with Crippen molar-refractivity contribution in [2.75, 3.05) is 0 Å². The SMILES string of the molecule is Cc1ccc2nc(C(C)Cl)n(C3CCC(C)C(C)C3)c2c1. The molecular formula is C18H25ClN2. The normalized spacial score (nSPS) is 28.0. The molecule has 0 radical (unpaired) electrons. The molecule has 2 aromatic rings. The smallest absolute Gasteiger partial charge is 0.127 e. The van der Waals surface area contributed by atoms with Crippen LogP contribution in [0.2, 0.25) is 0 Å². The van der Waals surface area contributed by atoms with Gasteiger partial charge in [0.25, 0.3) is 0 Å². The van der Waals surface area contributed by atoms with Gasteiger partial charge in [-0.05, 0) is 62.6 Å². The van der Waals surface area contributed by atoms with Gasteiger partial charge in [0, 0.05) is 6.04 Å². The molecule has 1 aliphatic carbocycles. The molecule has 0 N–H and O–H groups in total. The van der Waals surface area contributed by atoms with E-state index >= 15 is 0 Å². The van der Waals surface area contributed by atoms with Crippen molar-refractivity contribution in [1.82, 2.24) is 9.55 Å². The first-order valence-corrected chi connectivity index (χ1v) is 8.53. The molecular weight excluding hydrogens is 280 g/mol. The zero-order valence-corrected chi connectivity index (χ0v) is 14.2. The molecule has 114 valence electrons. The topological polar surface area (TPSA) is 17.8 Å². The van der Waals surface area contributed by atoms with Crippen molar-refractivity contribution in [2.45, 2.75) is 58.4 Å². The highest BCUT2D eigenvalue weighted by Gasteiger charge is 2.29. The van der Waals surface area contributed by atoms with Crippen LogP contribution in [0.1, 0.15) is 62.8 Å². The molecule has 4 unspecified atom stereocenters. The number of fused-ring (bicyclic) bond motifs is 1. The fraction of sp³-hybridized carbons (Fsp3) is 0.611. The Balaban J connectivity index is 2.10. The van der Waals surface area contributed by atoms with E-state index in [0.29, 0.717) is 6.04 Å². The summed E-state index contributed by atoms with van der Waals surface area (Å²) in [6, 6.07) is 7.06. The average Bonchev–Trinajstić information content (AvgIpc) is 2.80. The van der Waals surface area contributed by atoms with Crippen molar-refractivity contribution in [3.63, 3.8) is 0 Å². The summed E-state index contributed by atoms with van der Waals surface area (Å²) in [5.41, 5.74) is 3.62. The third-order valence-electron chi connectivity index (χ3n) is 5.16. The molecule has 0 saturated heterocycles. The molecule has 0 bridgehead atoms. The molecule has 1 fully saturated rings. The highest BCUT2D eigenvalue weighted by Crippen LogP contribution is 2.40. The Morgan fingerprint density at radius 3 is 2.67 bits per heavy atom. The lowest BCUT2D eigenvalue weighted by atomic mass is 9.79. The first-order valence-electron chi connectivity index (χ1n) is 8.10. The third-order valence-corrected chi connectivity index (χ3v) is 5.36. The Bertz CT molecular complexity index is 644. The van der Waals surface area contributed by atoms with E-state index in [1.807, 2.05) is 6.92 Å². The summed E-state index contributed by atoms with van der Waals surface area (Å²) in [6.07, 6.45) is 3.77. The maximum Gasteiger partial charge on any atom is 0.127 e. The van der Waals surface area contributed by atoms with Crippen molar-refractivity contribution in [3.8, 4) is 0 Å². The highest BCUT2D eigenvalue weighted by atomic mass is 35.5. The van der Waals surface area contributed by atoms with Gasteiger partial charge in [0.15, 0.2) is 0 Å². The maximum atomic E-state index is 6.42. The Morgan fingerprint density at radius 2 is 2.00 bits per heavy atom. The number of aryl methyl sites for hydroxylation is 1.